The van der Waals surface area contributed by atoms with Crippen LogP contribution in [0, 0.1) is 28.6 Å². The molecule has 2 saturated carbocycles. The summed E-state index contributed by atoms with van der Waals surface area (Å²) in [6.45, 7) is 7.04. The summed E-state index contributed by atoms with van der Waals surface area (Å²) in [7, 11) is 0. The van der Waals surface area contributed by atoms with Crippen LogP contribution in [-0.2, 0) is 19.1 Å². The molecule has 0 radical (unpaired) electrons. The van der Waals surface area contributed by atoms with Gasteiger partial charge in [-0.05, 0) is 68.6 Å². The number of allylic oxidation sites excluding steroid dienone is 2. The van der Waals surface area contributed by atoms with Crippen molar-refractivity contribution in [2.24, 2.45) is 28.6 Å². The second-order valence-corrected chi connectivity index (χ2v) is 9.42. The standard InChI is InChI=1S/C22H33NO4/c1-4-26-20(25)13-27-18-8-6-15-14-5-7-17-21(2,12-10-19(24)23-17)16(14)9-11-22(15,18)3/h7,14-16,18H,4-6,8-13H2,1-3H3,(H,23,24)/t14-,15-,16-,18-,21+,22-/m0/s1. The van der Waals surface area contributed by atoms with Gasteiger partial charge in [0.2, 0.25) is 5.91 Å². The summed E-state index contributed by atoms with van der Waals surface area (Å²) in [5.74, 6) is 1.85. The minimum atomic E-state index is -0.256. The Kier molecular flexibility index (Phi) is 4.86. The molecule has 3 aliphatic carbocycles. The minimum Gasteiger partial charge on any atom is -0.464 e. The van der Waals surface area contributed by atoms with Gasteiger partial charge < -0.3 is 14.8 Å². The molecule has 3 fully saturated rings. The largest absolute Gasteiger partial charge is 0.464 e. The molecule has 0 aromatic rings. The molecule has 1 amide bonds. The van der Waals surface area contributed by atoms with Gasteiger partial charge in [-0.1, -0.05) is 19.9 Å². The summed E-state index contributed by atoms with van der Waals surface area (Å²) in [6.07, 6.45) is 9.66. The van der Waals surface area contributed by atoms with Crippen LogP contribution >= 0.6 is 0 Å². The molecular formula is C22H33NO4. The van der Waals surface area contributed by atoms with Gasteiger partial charge in [-0.3, -0.25) is 4.79 Å². The molecule has 27 heavy (non-hydrogen) atoms. The average molecular weight is 376 g/mol. The lowest BCUT2D eigenvalue weighted by molar-refractivity contribution is -0.155. The molecule has 1 aliphatic heterocycles. The molecule has 4 aliphatic rings. The van der Waals surface area contributed by atoms with Gasteiger partial charge in [-0.25, -0.2) is 4.79 Å². The van der Waals surface area contributed by atoms with E-state index in [9.17, 15) is 9.59 Å². The number of rotatable bonds is 4. The Morgan fingerprint density at radius 2 is 2.04 bits per heavy atom. The molecule has 5 nitrogen and oxygen atoms in total. The molecule has 1 heterocycles. The molecular weight excluding hydrogens is 342 g/mol. The van der Waals surface area contributed by atoms with E-state index in [1.165, 1.54) is 18.5 Å². The predicted octanol–water partition coefficient (Wildman–Crippen LogP) is 3.58. The molecule has 1 N–H and O–H groups in total. The number of carbonyl (C=O) groups excluding carboxylic acids is 2. The Balaban J connectivity index is 1.50. The van der Waals surface area contributed by atoms with Crippen LogP contribution in [0.25, 0.3) is 0 Å². The van der Waals surface area contributed by atoms with Crippen molar-refractivity contribution >= 4 is 11.9 Å². The second-order valence-electron chi connectivity index (χ2n) is 9.42. The highest BCUT2D eigenvalue weighted by atomic mass is 16.6. The summed E-state index contributed by atoms with van der Waals surface area (Å²) in [4.78, 5) is 23.6. The van der Waals surface area contributed by atoms with Crippen molar-refractivity contribution in [1.29, 1.82) is 0 Å². The molecule has 6 atom stereocenters. The van der Waals surface area contributed by atoms with Crippen molar-refractivity contribution < 1.29 is 19.1 Å². The van der Waals surface area contributed by atoms with Gasteiger partial charge in [0.15, 0.2) is 0 Å². The number of nitrogens with one attached hydrogen (secondary N) is 1. The van der Waals surface area contributed by atoms with Crippen LogP contribution in [0.5, 0.6) is 0 Å². The first-order chi connectivity index (χ1) is 12.9. The van der Waals surface area contributed by atoms with Crippen molar-refractivity contribution in [1.82, 2.24) is 5.32 Å². The lowest BCUT2D eigenvalue weighted by atomic mass is 9.50. The molecule has 0 aromatic carbocycles. The number of hydrogen-bond donors (Lipinski definition) is 1. The van der Waals surface area contributed by atoms with Crippen LogP contribution in [0.1, 0.15) is 65.7 Å². The highest BCUT2D eigenvalue weighted by Crippen LogP contribution is 2.64. The van der Waals surface area contributed by atoms with E-state index in [1.807, 2.05) is 6.92 Å². The third-order valence-corrected chi connectivity index (χ3v) is 8.23. The lowest BCUT2D eigenvalue weighted by Crippen LogP contribution is -2.54. The highest BCUT2D eigenvalue weighted by Gasteiger charge is 2.59. The van der Waals surface area contributed by atoms with Gasteiger partial charge in [0.05, 0.1) is 12.7 Å². The van der Waals surface area contributed by atoms with E-state index >= 15 is 0 Å². The fraction of sp³-hybridized carbons (Fsp3) is 0.818. The molecule has 0 spiro atoms. The predicted molar refractivity (Wildman–Crippen MR) is 102 cm³/mol. The van der Waals surface area contributed by atoms with Gasteiger partial charge in [-0.2, -0.15) is 0 Å². The Bertz CT molecular complexity index is 659. The van der Waals surface area contributed by atoms with Crippen LogP contribution in [0.3, 0.4) is 0 Å². The van der Waals surface area contributed by atoms with E-state index in [4.69, 9.17) is 9.47 Å². The molecule has 0 aromatic heterocycles. The van der Waals surface area contributed by atoms with Crippen LogP contribution in [-0.4, -0.2) is 31.2 Å². The summed E-state index contributed by atoms with van der Waals surface area (Å²) >= 11 is 0. The first kappa shape index (κ1) is 19.0. The van der Waals surface area contributed by atoms with Crippen molar-refractivity contribution in [3.05, 3.63) is 11.8 Å². The fourth-order valence-corrected chi connectivity index (χ4v) is 6.79. The van der Waals surface area contributed by atoms with Crippen LogP contribution in [0.15, 0.2) is 11.8 Å². The first-order valence-corrected chi connectivity index (χ1v) is 10.7. The van der Waals surface area contributed by atoms with Gasteiger partial charge in [-0.15, -0.1) is 0 Å². The number of piperidine rings is 1. The number of hydrogen-bond acceptors (Lipinski definition) is 4. The highest BCUT2D eigenvalue weighted by molar-refractivity contribution is 5.79. The normalized spacial score (nSPS) is 43.1. The first-order valence-electron chi connectivity index (χ1n) is 10.7. The quantitative estimate of drug-likeness (QED) is 0.763. The zero-order valence-electron chi connectivity index (χ0n) is 16.9. The van der Waals surface area contributed by atoms with Gasteiger partial charge in [0.1, 0.15) is 6.61 Å². The molecule has 0 unspecified atom stereocenters. The number of esters is 1. The van der Waals surface area contributed by atoms with Crippen LogP contribution in [0.4, 0.5) is 0 Å². The van der Waals surface area contributed by atoms with E-state index in [1.54, 1.807) is 0 Å². The molecule has 1 saturated heterocycles. The van der Waals surface area contributed by atoms with E-state index in [0.29, 0.717) is 30.8 Å². The maximum absolute atomic E-state index is 11.9. The molecule has 5 heteroatoms. The Morgan fingerprint density at radius 1 is 1.22 bits per heavy atom. The summed E-state index contributed by atoms with van der Waals surface area (Å²) in [5, 5.41) is 3.16. The van der Waals surface area contributed by atoms with E-state index in [2.05, 4.69) is 25.2 Å². The number of amides is 1. The number of fused-ring (bicyclic) bond motifs is 5. The van der Waals surface area contributed by atoms with Crippen molar-refractivity contribution in [3.8, 4) is 0 Å². The number of ether oxygens (including phenoxy) is 2. The Morgan fingerprint density at radius 3 is 2.81 bits per heavy atom. The van der Waals surface area contributed by atoms with Crippen molar-refractivity contribution in [2.75, 3.05) is 13.2 Å². The van der Waals surface area contributed by atoms with E-state index in [-0.39, 0.29) is 35.4 Å². The second kappa shape index (κ2) is 6.91. The maximum Gasteiger partial charge on any atom is 0.332 e. The SMILES string of the molecule is CCOC(=O)CO[C@H]1CC[C@H]2[C@@H]3CC=C4NC(=O)CC[C@]4(C)[C@H]3CC[C@]12C. The van der Waals surface area contributed by atoms with Gasteiger partial charge in [0.25, 0.3) is 0 Å². The van der Waals surface area contributed by atoms with E-state index < -0.39 is 0 Å². The van der Waals surface area contributed by atoms with Gasteiger partial charge >= 0.3 is 5.97 Å². The molecule has 4 rings (SSSR count). The topological polar surface area (TPSA) is 64.6 Å². The summed E-state index contributed by atoms with van der Waals surface area (Å²) in [6, 6.07) is 0. The van der Waals surface area contributed by atoms with Gasteiger partial charge in [0, 0.05) is 17.5 Å². The van der Waals surface area contributed by atoms with Crippen molar-refractivity contribution in [2.45, 2.75) is 71.8 Å². The maximum atomic E-state index is 11.9. The Hall–Kier alpha value is -1.36. The number of carbonyl (C=O) groups is 2. The minimum absolute atomic E-state index is 0.0721. The van der Waals surface area contributed by atoms with Crippen molar-refractivity contribution in [3.63, 3.8) is 0 Å². The smallest absolute Gasteiger partial charge is 0.332 e. The Labute approximate surface area is 162 Å². The van der Waals surface area contributed by atoms with E-state index in [0.717, 1.165) is 25.7 Å². The third kappa shape index (κ3) is 3.02. The molecule has 150 valence electrons. The average Bonchev–Trinajstić information content (AvgIpc) is 2.97. The monoisotopic (exact) mass is 375 g/mol. The third-order valence-electron chi connectivity index (χ3n) is 8.23. The zero-order valence-corrected chi connectivity index (χ0v) is 16.9. The zero-order chi connectivity index (χ0) is 19.2. The lowest BCUT2D eigenvalue weighted by Gasteiger charge is -2.57. The summed E-state index contributed by atoms with van der Waals surface area (Å²) in [5.41, 5.74) is 1.44. The summed E-state index contributed by atoms with van der Waals surface area (Å²) < 4.78 is 11.1. The van der Waals surface area contributed by atoms with Crippen LogP contribution in [0.2, 0.25) is 0 Å². The fourth-order valence-electron chi connectivity index (χ4n) is 6.79. The molecule has 0 bridgehead atoms. The van der Waals surface area contributed by atoms with Crippen LogP contribution < -0.4 is 5.32 Å².